The monoisotopic (exact) mass is 401 g/mol. The third kappa shape index (κ3) is 5.73. The number of nitrogens with one attached hydrogen (secondary N) is 1. The second-order valence-corrected chi connectivity index (χ2v) is 8.41. The Balaban J connectivity index is 1.50. The fourth-order valence-corrected chi connectivity index (χ4v) is 4.64. The minimum atomic E-state index is 0.139. The average molecular weight is 402 g/mol. The van der Waals surface area contributed by atoms with Crippen molar-refractivity contribution in [1.82, 2.24) is 10.2 Å². The molecule has 1 atom stereocenters. The van der Waals surface area contributed by atoms with Gasteiger partial charge in [-0.25, -0.2) is 0 Å². The van der Waals surface area contributed by atoms with Gasteiger partial charge in [0.25, 0.3) is 0 Å². The van der Waals surface area contributed by atoms with Crippen LogP contribution < -0.4 is 5.32 Å². The summed E-state index contributed by atoms with van der Waals surface area (Å²) in [6.45, 7) is 9.12. The van der Waals surface area contributed by atoms with Gasteiger partial charge in [0.05, 0.1) is 18.8 Å². The second-order valence-electron chi connectivity index (χ2n) is 8.41. The number of hydrogen-bond donors (Lipinski definition) is 1. The second kappa shape index (κ2) is 11.0. The number of benzene rings is 1. The van der Waals surface area contributed by atoms with Crippen molar-refractivity contribution in [3.8, 4) is 0 Å². The lowest BCUT2D eigenvalue weighted by molar-refractivity contribution is -0.0367. The van der Waals surface area contributed by atoms with Gasteiger partial charge in [-0.2, -0.15) is 0 Å². The highest BCUT2D eigenvalue weighted by atomic mass is 16.5. The third-order valence-corrected chi connectivity index (χ3v) is 6.82. The molecule has 2 saturated heterocycles. The molecule has 0 aliphatic carbocycles. The highest BCUT2D eigenvalue weighted by Gasteiger charge is 2.30. The van der Waals surface area contributed by atoms with E-state index in [-0.39, 0.29) is 5.41 Å². The summed E-state index contributed by atoms with van der Waals surface area (Å²) in [6, 6.07) is 10.9. The molecule has 5 heteroatoms. The van der Waals surface area contributed by atoms with Crippen LogP contribution in [0.1, 0.15) is 57.9 Å². The van der Waals surface area contributed by atoms with E-state index < -0.39 is 0 Å². The normalized spacial score (nSPS) is 21.6. The first kappa shape index (κ1) is 22.1. The Morgan fingerprint density at radius 2 is 1.90 bits per heavy atom. The summed E-state index contributed by atoms with van der Waals surface area (Å²) in [5.74, 6) is 1.02. The van der Waals surface area contributed by atoms with Crippen molar-refractivity contribution in [2.75, 3.05) is 39.9 Å². The molecule has 1 unspecified atom stereocenters. The van der Waals surface area contributed by atoms with Gasteiger partial charge in [-0.1, -0.05) is 44.2 Å². The molecule has 29 heavy (non-hydrogen) atoms. The van der Waals surface area contributed by atoms with Crippen molar-refractivity contribution in [2.24, 2.45) is 4.99 Å². The van der Waals surface area contributed by atoms with Crippen molar-refractivity contribution >= 4 is 5.96 Å². The Kier molecular flexibility index (Phi) is 8.37. The zero-order chi connectivity index (χ0) is 20.5. The molecule has 0 saturated carbocycles. The zero-order valence-corrected chi connectivity index (χ0v) is 18.5. The minimum absolute atomic E-state index is 0.139. The molecule has 0 bridgehead atoms. The van der Waals surface area contributed by atoms with Crippen LogP contribution in [0.3, 0.4) is 0 Å². The minimum Gasteiger partial charge on any atom is -0.376 e. The number of ether oxygens (including phenoxy) is 2. The van der Waals surface area contributed by atoms with Crippen molar-refractivity contribution in [2.45, 2.75) is 70.0 Å². The van der Waals surface area contributed by atoms with Gasteiger partial charge in [-0.05, 0) is 44.1 Å². The summed E-state index contributed by atoms with van der Waals surface area (Å²) in [6.07, 6.45) is 7.31. The maximum Gasteiger partial charge on any atom is 0.193 e. The smallest absolute Gasteiger partial charge is 0.193 e. The first-order chi connectivity index (χ1) is 14.2. The Labute approximate surface area is 176 Å². The van der Waals surface area contributed by atoms with Gasteiger partial charge in [0.1, 0.15) is 0 Å². The average Bonchev–Trinajstić information content (AvgIpc) is 3.31. The highest BCUT2D eigenvalue weighted by molar-refractivity contribution is 5.80. The van der Waals surface area contributed by atoms with Gasteiger partial charge in [0, 0.05) is 38.7 Å². The molecule has 0 amide bonds. The summed E-state index contributed by atoms with van der Waals surface area (Å²) < 4.78 is 11.8. The third-order valence-electron chi connectivity index (χ3n) is 6.82. The Bertz CT molecular complexity index is 616. The van der Waals surface area contributed by atoms with Crippen LogP contribution in [0, 0.1) is 0 Å². The fourth-order valence-electron chi connectivity index (χ4n) is 4.64. The molecule has 0 radical (unpaired) electrons. The summed E-state index contributed by atoms with van der Waals surface area (Å²) in [5, 5.41) is 3.69. The quantitative estimate of drug-likeness (QED) is 0.529. The van der Waals surface area contributed by atoms with E-state index >= 15 is 0 Å². The molecule has 2 aliphatic rings. The molecule has 1 N–H and O–H groups in total. The van der Waals surface area contributed by atoms with E-state index in [0.717, 1.165) is 70.9 Å². The lowest BCUT2D eigenvalue weighted by atomic mass is 9.76. The zero-order valence-electron chi connectivity index (χ0n) is 18.5. The first-order valence-electron chi connectivity index (χ1n) is 11.4. The number of nitrogens with zero attached hydrogens (tertiary/aromatic N) is 2. The van der Waals surface area contributed by atoms with Crippen LogP contribution in [0.2, 0.25) is 0 Å². The van der Waals surface area contributed by atoms with Crippen molar-refractivity contribution in [3.05, 3.63) is 35.9 Å². The number of rotatable bonds is 8. The van der Waals surface area contributed by atoms with Gasteiger partial charge in [-0.15, -0.1) is 0 Å². The van der Waals surface area contributed by atoms with Crippen LogP contribution >= 0.6 is 0 Å². The fraction of sp³-hybridized carbons (Fsp3) is 0.708. The molecule has 0 aromatic heterocycles. The lowest BCUT2D eigenvalue weighted by Gasteiger charge is -2.37. The molecule has 2 aliphatic heterocycles. The van der Waals surface area contributed by atoms with Gasteiger partial charge in [0.15, 0.2) is 5.96 Å². The van der Waals surface area contributed by atoms with Crippen molar-refractivity contribution < 1.29 is 9.47 Å². The van der Waals surface area contributed by atoms with Crippen LogP contribution in [0.25, 0.3) is 0 Å². The predicted octanol–water partition coefficient (Wildman–Crippen LogP) is 3.98. The molecular formula is C24H39N3O2. The van der Waals surface area contributed by atoms with Crippen molar-refractivity contribution in [1.29, 1.82) is 0 Å². The predicted molar refractivity (Wildman–Crippen MR) is 120 cm³/mol. The van der Waals surface area contributed by atoms with E-state index in [0.29, 0.717) is 12.2 Å². The standard InChI is InChI=1S/C24H39N3O2/c1-4-24(5-2,20-10-7-6-8-11-20)19-26-23(25-3)27-15-13-21(14-16-27)29-18-22-12-9-17-28-22/h6-8,10-11,21-22H,4-5,9,12-19H2,1-3H3,(H,25,26). The SMILES string of the molecule is CCC(CC)(CNC(=NC)N1CCC(OCC2CCCO2)CC1)c1ccccc1. The molecule has 0 spiro atoms. The van der Waals surface area contributed by atoms with Crippen LogP contribution in [0.4, 0.5) is 0 Å². The summed E-state index contributed by atoms with van der Waals surface area (Å²) in [7, 11) is 1.89. The first-order valence-corrected chi connectivity index (χ1v) is 11.4. The molecular weight excluding hydrogens is 362 g/mol. The molecule has 162 valence electrons. The Hall–Kier alpha value is -1.59. The van der Waals surface area contributed by atoms with E-state index in [2.05, 4.69) is 59.4 Å². The van der Waals surface area contributed by atoms with Crippen LogP contribution in [-0.2, 0) is 14.9 Å². The van der Waals surface area contributed by atoms with Gasteiger partial charge >= 0.3 is 0 Å². The summed E-state index contributed by atoms with van der Waals surface area (Å²) in [4.78, 5) is 6.96. The van der Waals surface area contributed by atoms with Gasteiger partial charge in [-0.3, -0.25) is 4.99 Å². The van der Waals surface area contributed by atoms with Crippen LogP contribution in [0.5, 0.6) is 0 Å². The topological polar surface area (TPSA) is 46.1 Å². The summed E-state index contributed by atoms with van der Waals surface area (Å²) in [5.41, 5.74) is 1.55. The van der Waals surface area contributed by atoms with Crippen LogP contribution in [-0.4, -0.2) is 63.0 Å². The van der Waals surface area contributed by atoms with Gasteiger partial charge < -0.3 is 19.7 Å². The molecule has 5 nitrogen and oxygen atoms in total. The number of guanidine groups is 1. The number of hydrogen-bond acceptors (Lipinski definition) is 3. The lowest BCUT2D eigenvalue weighted by Crippen LogP contribution is -2.50. The molecule has 1 aromatic carbocycles. The van der Waals surface area contributed by atoms with E-state index in [9.17, 15) is 0 Å². The molecule has 1 aromatic rings. The van der Waals surface area contributed by atoms with E-state index in [1.165, 1.54) is 12.0 Å². The maximum atomic E-state index is 6.12. The summed E-state index contributed by atoms with van der Waals surface area (Å²) >= 11 is 0. The van der Waals surface area contributed by atoms with Crippen LogP contribution in [0.15, 0.2) is 35.3 Å². The Morgan fingerprint density at radius 1 is 1.17 bits per heavy atom. The molecule has 2 fully saturated rings. The number of aliphatic imine (C=N–C) groups is 1. The number of likely N-dealkylation sites (tertiary alicyclic amines) is 1. The highest BCUT2D eigenvalue weighted by Crippen LogP contribution is 2.31. The maximum absolute atomic E-state index is 6.12. The van der Waals surface area contributed by atoms with E-state index in [4.69, 9.17) is 9.47 Å². The largest absolute Gasteiger partial charge is 0.376 e. The molecule has 2 heterocycles. The van der Waals surface area contributed by atoms with Crippen molar-refractivity contribution in [3.63, 3.8) is 0 Å². The molecule has 3 rings (SSSR count). The van der Waals surface area contributed by atoms with Gasteiger partial charge in [0.2, 0.25) is 0 Å². The van der Waals surface area contributed by atoms with E-state index in [1.807, 2.05) is 7.05 Å². The van der Waals surface area contributed by atoms with E-state index in [1.54, 1.807) is 0 Å². The number of piperidine rings is 1. The Morgan fingerprint density at radius 3 is 2.48 bits per heavy atom.